The first-order valence-electron chi connectivity index (χ1n) is 9.55. The molecule has 0 radical (unpaired) electrons. The van der Waals surface area contributed by atoms with Crippen LogP contribution in [-0.4, -0.2) is 49.8 Å². The normalized spacial score (nSPS) is 31.8. The van der Waals surface area contributed by atoms with Crippen LogP contribution in [0.1, 0.15) is 38.5 Å². The Balaban J connectivity index is 1.55. The topological polar surface area (TPSA) is 40.6 Å². The van der Waals surface area contributed by atoms with Gasteiger partial charge in [-0.15, -0.1) is 0 Å². The Kier molecular flexibility index (Phi) is 4.86. The Labute approximate surface area is 150 Å². The number of nitrogens with zero attached hydrogens (tertiary/aromatic N) is 2. The van der Waals surface area contributed by atoms with Crippen LogP contribution in [0.4, 0.5) is 4.39 Å². The van der Waals surface area contributed by atoms with E-state index in [1.165, 1.54) is 63.0 Å². The molecule has 2 bridgehead atoms. The smallest absolute Gasteiger partial charge is 0.243 e. The lowest BCUT2D eigenvalue weighted by molar-refractivity contribution is -0.00311. The second-order valence-electron chi connectivity index (χ2n) is 7.81. The lowest BCUT2D eigenvalue weighted by atomic mass is 9.73. The van der Waals surface area contributed by atoms with E-state index in [1.54, 1.807) is 4.31 Å². The van der Waals surface area contributed by atoms with Gasteiger partial charge < -0.3 is 0 Å². The molecule has 4 nitrogen and oxygen atoms in total. The van der Waals surface area contributed by atoms with Gasteiger partial charge in [0.25, 0.3) is 0 Å². The summed E-state index contributed by atoms with van der Waals surface area (Å²) in [5.41, 5.74) is 0. The number of halogens is 1. The summed E-state index contributed by atoms with van der Waals surface area (Å²) in [7, 11) is -3.53. The Hall–Kier alpha value is -0.980. The second kappa shape index (κ2) is 6.97. The van der Waals surface area contributed by atoms with Crippen LogP contribution in [-0.2, 0) is 10.0 Å². The Morgan fingerprint density at radius 1 is 0.880 bits per heavy atom. The molecule has 1 aromatic carbocycles. The van der Waals surface area contributed by atoms with Gasteiger partial charge in [0.1, 0.15) is 5.82 Å². The van der Waals surface area contributed by atoms with Gasteiger partial charge in [-0.2, -0.15) is 4.31 Å². The molecule has 1 saturated carbocycles. The van der Waals surface area contributed by atoms with E-state index in [2.05, 4.69) is 4.90 Å². The number of benzene rings is 1. The summed E-state index contributed by atoms with van der Waals surface area (Å²) in [5, 5.41) is 0. The maximum absolute atomic E-state index is 13.1. The molecule has 4 rings (SSSR count). The molecular weight excluding hydrogens is 339 g/mol. The number of hydrogen-bond donors (Lipinski definition) is 0. The van der Waals surface area contributed by atoms with Crippen molar-refractivity contribution < 1.29 is 12.8 Å². The van der Waals surface area contributed by atoms with Gasteiger partial charge in [0.2, 0.25) is 10.0 Å². The van der Waals surface area contributed by atoms with E-state index in [-0.39, 0.29) is 4.90 Å². The van der Waals surface area contributed by atoms with E-state index >= 15 is 0 Å². The molecule has 2 atom stereocenters. The zero-order chi connectivity index (χ0) is 17.4. The Bertz CT molecular complexity index is 687. The summed E-state index contributed by atoms with van der Waals surface area (Å²) in [4.78, 5) is 2.85. The number of rotatable bonds is 3. The zero-order valence-electron chi connectivity index (χ0n) is 14.6. The van der Waals surface area contributed by atoms with Crippen molar-refractivity contribution in [3.8, 4) is 0 Å². The molecule has 138 valence electrons. The maximum atomic E-state index is 13.1. The van der Waals surface area contributed by atoms with E-state index < -0.39 is 15.8 Å². The highest BCUT2D eigenvalue weighted by Crippen LogP contribution is 2.40. The number of hydrogen-bond acceptors (Lipinski definition) is 3. The number of fused-ring (bicyclic) bond motifs is 2. The third kappa shape index (κ3) is 3.36. The van der Waals surface area contributed by atoms with Crippen molar-refractivity contribution >= 4 is 10.0 Å². The number of likely N-dealkylation sites (tertiary alicyclic amines) is 1. The standard InChI is InChI=1S/C19H27FN2O2S/c20-17-7-9-18(10-8-17)25(23,24)22-13-15-5-4-6-16(14-22)19(15)21-11-2-1-3-12-21/h7-10,15-16,19H,1-6,11-14H2/t15-,16-/m0/s1. The van der Waals surface area contributed by atoms with Crippen molar-refractivity contribution in [3.05, 3.63) is 30.1 Å². The number of sulfonamides is 1. The minimum Gasteiger partial charge on any atom is -0.300 e. The van der Waals surface area contributed by atoms with Crippen molar-refractivity contribution in [1.82, 2.24) is 9.21 Å². The molecule has 0 amide bonds. The second-order valence-corrected chi connectivity index (χ2v) is 9.75. The van der Waals surface area contributed by atoms with Crippen LogP contribution in [0.5, 0.6) is 0 Å². The summed E-state index contributed by atoms with van der Waals surface area (Å²) in [6, 6.07) is 5.78. The van der Waals surface area contributed by atoms with E-state index in [4.69, 9.17) is 0 Å². The van der Waals surface area contributed by atoms with Crippen LogP contribution in [0, 0.1) is 17.7 Å². The molecule has 0 spiro atoms. The summed E-state index contributed by atoms with van der Waals surface area (Å²) in [6.07, 6.45) is 7.31. The first-order chi connectivity index (χ1) is 12.1. The maximum Gasteiger partial charge on any atom is 0.243 e. The predicted octanol–water partition coefficient (Wildman–Crippen LogP) is 3.10. The van der Waals surface area contributed by atoms with Gasteiger partial charge in [-0.3, -0.25) is 4.90 Å². The van der Waals surface area contributed by atoms with Crippen molar-refractivity contribution in [2.24, 2.45) is 11.8 Å². The summed E-state index contributed by atoms with van der Waals surface area (Å²) >= 11 is 0. The summed E-state index contributed by atoms with van der Waals surface area (Å²) in [6.45, 7) is 3.56. The SMILES string of the molecule is O=S(=O)(c1ccc(F)cc1)N1C[C@@H]2CCC[C@@H](C1)C2N1CCCCC1. The van der Waals surface area contributed by atoms with Crippen LogP contribution in [0.25, 0.3) is 0 Å². The highest BCUT2D eigenvalue weighted by molar-refractivity contribution is 7.89. The molecule has 0 N–H and O–H groups in total. The fraction of sp³-hybridized carbons (Fsp3) is 0.684. The van der Waals surface area contributed by atoms with Gasteiger partial charge in [-0.25, -0.2) is 12.8 Å². The van der Waals surface area contributed by atoms with Gasteiger partial charge in [0.05, 0.1) is 4.90 Å². The Morgan fingerprint density at radius 3 is 2.08 bits per heavy atom. The van der Waals surface area contributed by atoms with Crippen molar-refractivity contribution in [2.45, 2.75) is 49.5 Å². The highest BCUT2D eigenvalue weighted by Gasteiger charge is 2.45. The minimum absolute atomic E-state index is 0.211. The van der Waals surface area contributed by atoms with Crippen LogP contribution in [0.2, 0.25) is 0 Å². The molecule has 2 heterocycles. The molecular formula is C19H27FN2O2S. The third-order valence-electron chi connectivity index (χ3n) is 6.26. The summed E-state index contributed by atoms with van der Waals surface area (Å²) in [5.74, 6) is 0.460. The van der Waals surface area contributed by atoms with Crippen LogP contribution >= 0.6 is 0 Å². The van der Waals surface area contributed by atoms with E-state index in [0.717, 1.165) is 12.8 Å². The average Bonchev–Trinajstić information content (AvgIpc) is 2.61. The molecule has 3 fully saturated rings. The minimum atomic E-state index is -3.53. The average molecular weight is 367 g/mol. The molecule has 2 aliphatic heterocycles. The van der Waals surface area contributed by atoms with Gasteiger partial charge in [0.15, 0.2) is 0 Å². The van der Waals surface area contributed by atoms with E-state index in [1.807, 2.05) is 0 Å². The van der Waals surface area contributed by atoms with Gasteiger partial charge >= 0.3 is 0 Å². The molecule has 0 aromatic heterocycles. The molecule has 1 aromatic rings. The lowest BCUT2D eigenvalue weighted by Crippen LogP contribution is -2.59. The fourth-order valence-electron chi connectivity index (χ4n) is 5.13. The first-order valence-corrected chi connectivity index (χ1v) is 11.0. The molecule has 0 unspecified atom stereocenters. The largest absolute Gasteiger partial charge is 0.300 e. The molecule has 2 saturated heterocycles. The quantitative estimate of drug-likeness (QED) is 0.825. The third-order valence-corrected chi connectivity index (χ3v) is 8.10. The molecule has 1 aliphatic carbocycles. The van der Waals surface area contributed by atoms with Gasteiger partial charge in [0, 0.05) is 19.1 Å². The summed E-state index contributed by atoms with van der Waals surface area (Å²) < 4.78 is 40.8. The lowest BCUT2D eigenvalue weighted by Gasteiger charge is -2.52. The van der Waals surface area contributed by atoms with Crippen molar-refractivity contribution in [1.29, 1.82) is 0 Å². The molecule has 6 heteroatoms. The highest BCUT2D eigenvalue weighted by atomic mass is 32.2. The van der Waals surface area contributed by atoms with Crippen LogP contribution in [0.3, 0.4) is 0 Å². The van der Waals surface area contributed by atoms with Gasteiger partial charge in [-0.05, 0) is 74.9 Å². The van der Waals surface area contributed by atoms with Crippen molar-refractivity contribution in [3.63, 3.8) is 0 Å². The zero-order valence-corrected chi connectivity index (χ0v) is 15.4. The monoisotopic (exact) mass is 366 g/mol. The molecule has 25 heavy (non-hydrogen) atoms. The first kappa shape index (κ1) is 17.4. The van der Waals surface area contributed by atoms with Gasteiger partial charge in [-0.1, -0.05) is 12.8 Å². The van der Waals surface area contributed by atoms with Crippen LogP contribution in [0.15, 0.2) is 29.2 Å². The van der Waals surface area contributed by atoms with E-state index in [0.29, 0.717) is 31.0 Å². The van der Waals surface area contributed by atoms with E-state index in [9.17, 15) is 12.8 Å². The Morgan fingerprint density at radius 2 is 1.48 bits per heavy atom. The van der Waals surface area contributed by atoms with Crippen LogP contribution < -0.4 is 0 Å². The predicted molar refractivity (Wildman–Crippen MR) is 95.2 cm³/mol. The molecule has 3 aliphatic rings. The fourth-order valence-corrected chi connectivity index (χ4v) is 6.68. The number of piperidine rings is 2. The van der Waals surface area contributed by atoms with Crippen molar-refractivity contribution in [2.75, 3.05) is 26.2 Å².